The van der Waals surface area contributed by atoms with Crippen molar-refractivity contribution < 1.29 is 27.3 Å². The van der Waals surface area contributed by atoms with E-state index in [0.717, 1.165) is 16.5 Å². The van der Waals surface area contributed by atoms with Gasteiger partial charge in [-0.2, -0.15) is 0 Å². The fourth-order valence-electron chi connectivity index (χ4n) is 3.43. The second kappa shape index (κ2) is 9.60. The van der Waals surface area contributed by atoms with Crippen LogP contribution in [0.25, 0.3) is 5.57 Å². The van der Waals surface area contributed by atoms with Crippen LogP contribution in [-0.2, 0) is 0 Å². The van der Waals surface area contributed by atoms with Crippen molar-refractivity contribution in [2.75, 3.05) is 0 Å². The molecule has 4 aromatic heterocycles. The van der Waals surface area contributed by atoms with Crippen LogP contribution in [0.2, 0.25) is 0 Å². The van der Waals surface area contributed by atoms with Crippen molar-refractivity contribution in [3.05, 3.63) is 121 Å². The Hall–Kier alpha value is -4.43. The number of benzene rings is 1. The van der Waals surface area contributed by atoms with Gasteiger partial charge in [0.1, 0.15) is 0 Å². The van der Waals surface area contributed by atoms with Gasteiger partial charge in [0.15, 0.2) is 0 Å². The summed E-state index contributed by atoms with van der Waals surface area (Å²) in [6.07, 6.45) is 6.19. The van der Waals surface area contributed by atoms with E-state index in [2.05, 4.69) is 12.2 Å². The zero-order valence-corrected chi connectivity index (χ0v) is 18.3. The average Bonchev–Trinajstić information content (AvgIpc) is 3.66. The van der Waals surface area contributed by atoms with Gasteiger partial charge in [0, 0.05) is 0 Å². The number of rotatable bonds is 9. The third-order valence-electron chi connectivity index (χ3n) is 5.17. The monoisotopic (exact) mass is 453 g/mol. The molecule has 1 aromatic carbocycles. The van der Waals surface area contributed by atoms with Gasteiger partial charge in [0.05, 0.1) is 0 Å². The fraction of sp³-hybridized carbons (Fsp3) is 0.0385. The summed E-state index contributed by atoms with van der Waals surface area (Å²) in [5.41, 5.74) is 5.90. The van der Waals surface area contributed by atoms with E-state index in [1.54, 1.807) is 36.8 Å². The Morgan fingerprint density at radius 3 is 2.06 bits per heavy atom. The van der Waals surface area contributed by atoms with Gasteiger partial charge in [-0.15, -0.1) is 0 Å². The van der Waals surface area contributed by atoms with Crippen LogP contribution in [0.3, 0.4) is 0 Å². The van der Waals surface area contributed by atoms with Crippen molar-refractivity contribution in [1.29, 1.82) is 0 Å². The molecule has 4 heterocycles. The van der Waals surface area contributed by atoms with Crippen molar-refractivity contribution in [3.8, 4) is 11.5 Å². The second-order valence-electron chi connectivity index (χ2n) is 7.36. The molecule has 0 aliphatic carbocycles. The van der Waals surface area contributed by atoms with Crippen LogP contribution in [-0.4, -0.2) is 12.4 Å². The minimum absolute atomic E-state index is 0.383. The molecule has 0 aliphatic rings. The van der Waals surface area contributed by atoms with Gasteiger partial charge < -0.3 is 0 Å². The van der Waals surface area contributed by atoms with Crippen LogP contribution in [0.15, 0.2) is 110 Å². The molecule has 0 atom stereocenters. The predicted octanol–water partition coefficient (Wildman–Crippen LogP) is 4.90. The number of nitrogens with one attached hydrogen (secondary N) is 1. The Balaban J connectivity index is 1.36. The summed E-state index contributed by atoms with van der Waals surface area (Å²) in [5.74, 6) is 2.88. The summed E-state index contributed by atoms with van der Waals surface area (Å²) in [6.45, 7) is 8.03. The van der Waals surface area contributed by atoms with Gasteiger partial charge in [-0.05, 0) is 0 Å². The van der Waals surface area contributed by atoms with Crippen LogP contribution < -0.4 is 20.8 Å². The topological polar surface area (TPSA) is 83.1 Å². The Bertz CT molecular complexity index is 1410. The van der Waals surface area contributed by atoms with E-state index in [9.17, 15) is 0 Å². The molecule has 0 saturated carbocycles. The standard InChI is InChI=1S/C26H20BNO6/c1-17-7-3-4-8-19(17)27-24(21-10-6-14-30-21)26-23(12-16-32-26)34-28-33-22-11-15-31-25(22)18(2)20-9-5-13-29-20/h3-16,28H,2H2,1H3. The van der Waals surface area contributed by atoms with Crippen LogP contribution in [0.4, 0.5) is 0 Å². The number of aryl methyl sites for hydroxylation is 1. The van der Waals surface area contributed by atoms with Gasteiger partial charge in [0.25, 0.3) is 0 Å². The van der Waals surface area contributed by atoms with E-state index in [1.165, 1.54) is 12.5 Å². The molecule has 0 amide bonds. The van der Waals surface area contributed by atoms with Gasteiger partial charge in [0.2, 0.25) is 0 Å². The third kappa shape index (κ3) is 4.39. The maximum atomic E-state index is 5.77. The number of hydrogen-bond acceptors (Lipinski definition) is 7. The first kappa shape index (κ1) is 21.4. The Kier molecular flexibility index (Phi) is 6.05. The summed E-state index contributed by atoms with van der Waals surface area (Å²) in [7, 11) is 0. The summed E-state index contributed by atoms with van der Waals surface area (Å²) in [4.78, 5) is 11.3. The molecule has 34 heavy (non-hydrogen) atoms. The van der Waals surface area contributed by atoms with E-state index in [-0.39, 0.29) is 0 Å². The molecule has 0 fully saturated rings. The van der Waals surface area contributed by atoms with Crippen molar-refractivity contribution in [1.82, 2.24) is 5.64 Å². The molecule has 0 spiro atoms. The molecular weight excluding hydrogens is 433 g/mol. The van der Waals surface area contributed by atoms with Crippen LogP contribution in [0, 0.1) is 6.92 Å². The quantitative estimate of drug-likeness (QED) is 0.251. The van der Waals surface area contributed by atoms with Crippen molar-refractivity contribution in [2.24, 2.45) is 0 Å². The fourth-order valence-corrected chi connectivity index (χ4v) is 3.43. The van der Waals surface area contributed by atoms with Gasteiger partial charge in [-0.25, -0.2) is 0 Å². The summed E-state index contributed by atoms with van der Waals surface area (Å²) in [5, 5.41) is 0. The molecule has 0 radical (unpaired) electrons. The third-order valence-corrected chi connectivity index (χ3v) is 5.17. The molecule has 7 nitrogen and oxygen atoms in total. The maximum absolute atomic E-state index is 5.77. The summed E-state index contributed by atoms with van der Waals surface area (Å²) >= 11 is 0. The molecule has 5 rings (SSSR count). The zero-order chi connectivity index (χ0) is 23.3. The molecule has 0 unspecified atom stereocenters. The van der Waals surface area contributed by atoms with E-state index in [1.807, 2.05) is 50.2 Å². The first-order valence-corrected chi connectivity index (χ1v) is 10.5. The normalized spacial score (nSPS) is 11.3. The molecule has 5 aromatic rings. The SMILES string of the molecule is C=C(c1ccco1)c1occc1ONOc1ccoc1C(=Bc1ccccc1C)c1ccco1. The molecule has 8 heteroatoms. The summed E-state index contributed by atoms with van der Waals surface area (Å²) < 4.78 is 22.3. The Morgan fingerprint density at radius 2 is 1.38 bits per heavy atom. The van der Waals surface area contributed by atoms with Crippen molar-refractivity contribution in [3.63, 3.8) is 0 Å². The second-order valence-corrected chi connectivity index (χ2v) is 7.36. The zero-order valence-electron chi connectivity index (χ0n) is 18.3. The molecule has 0 saturated heterocycles. The van der Waals surface area contributed by atoms with Crippen LogP contribution >= 0.6 is 0 Å². The van der Waals surface area contributed by atoms with E-state index in [0.29, 0.717) is 40.1 Å². The van der Waals surface area contributed by atoms with Crippen molar-refractivity contribution in [2.45, 2.75) is 6.92 Å². The number of furan rings is 4. The molecule has 0 bridgehead atoms. The van der Waals surface area contributed by atoms with Gasteiger partial charge >= 0.3 is 196 Å². The minimum atomic E-state index is 0.383. The number of hydrogen-bond donors (Lipinski definition) is 1. The summed E-state index contributed by atoms with van der Waals surface area (Å²) in [6, 6.07) is 18.6. The van der Waals surface area contributed by atoms with Crippen molar-refractivity contribution >= 4 is 23.4 Å². The average molecular weight is 453 g/mol. The molecule has 0 aliphatic heterocycles. The van der Waals surface area contributed by atoms with Crippen LogP contribution in [0.1, 0.15) is 28.6 Å². The van der Waals surface area contributed by atoms with E-state index >= 15 is 0 Å². The Morgan fingerprint density at radius 1 is 0.735 bits per heavy atom. The first-order valence-electron chi connectivity index (χ1n) is 10.5. The molecular formula is C26H20BNO6. The van der Waals surface area contributed by atoms with Gasteiger partial charge in [-0.3, -0.25) is 0 Å². The van der Waals surface area contributed by atoms with Crippen LogP contribution in [0.5, 0.6) is 11.5 Å². The van der Waals surface area contributed by atoms with E-state index in [4.69, 9.17) is 27.3 Å². The predicted molar refractivity (Wildman–Crippen MR) is 127 cm³/mol. The Labute approximate surface area is 196 Å². The molecule has 168 valence electrons. The molecule has 1 N–H and O–H groups in total. The first-order chi connectivity index (χ1) is 16.7. The van der Waals surface area contributed by atoms with Gasteiger partial charge in [-0.1, -0.05) is 0 Å². The van der Waals surface area contributed by atoms with E-state index < -0.39 is 0 Å².